The third kappa shape index (κ3) is 4.69. The number of phenols is 1. The second kappa shape index (κ2) is 7.31. The third-order valence-electron chi connectivity index (χ3n) is 2.99. The van der Waals surface area contributed by atoms with Crippen LogP contribution < -0.4 is 0 Å². The Morgan fingerprint density at radius 2 is 1.42 bits per heavy atom. The third-order valence-corrected chi connectivity index (χ3v) is 3.35. The SMILES string of the molecule is Oc1ccc(CN(CCBr)Cc2ccccc2)cc1. The molecular formula is C16H18BrNO. The Balaban J connectivity index is 2.01. The van der Waals surface area contributed by atoms with E-state index >= 15 is 0 Å². The van der Waals surface area contributed by atoms with Gasteiger partial charge >= 0.3 is 0 Å². The van der Waals surface area contributed by atoms with Gasteiger partial charge in [0, 0.05) is 25.0 Å². The summed E-state index contributed by atoms with van der Waals surface area (Å²) in [5.74, 6) is 0.318. The van der Waals surface area contributed by atoms with E-state index in [4.69, 9.17) is 0 Å². The average molecular weight is 320 g/mol. The van der Waals surface area contributed by atoms with E-state index in [1.807, 2.05) is 18.2 Å². The predicted molar refractivity (Wildman–Crippen MR) is 82.5 cm³/mol. The van der Waals surface area contributed by atoms with Gasteiger partial charge in [-0.25, -0.2) is 0 Å². The van der Waals surface area contributed by atoms with E-state index < -0.39 is 0 Å². The molecule has 0 aliphatic carbocycles. The van der Waals surface area contributed by atoms with E-state index in [0.29, 0.717) is 5.75 Å². The van der Waals surface area contributed by atoms with E-state index in [2.05, 4.69) is 45.1 Å². The lowest BCUT2D eigenvalue weighted by atomic mass is 10.1. The van der Waals surface area contributed by atoms with Gasteiger partial charge in [-0.3, -0.25) is 4.90 Å². The van der Waals surface area contributed by atoms with Crippen LogP contribution in [0, 0.1) is 0 Å². The van der Waals surface area contributed by atoms with Crippen molar-refractivity contribution in [3.05, 3.63) is 65.7 Å². The lowest BCUT2D eigenvalue weighted by Gasteiger charge is -2.21. The Morgan fingerprint density at radius 1 is 0.842 bits per heavy atom. The first-order valence-corrected chi connectivity index (χ1v) is 7.50. The number of halogens is 1. The maximum absolute atomic E-state index is 9.31. The zero-order valence-corrected chi connectivity index (χ0v) is 12.4. The van der Waals surface area contributed by atoms with Gasteiger partial charge in [-0.15, -0.1) is 0 Å². The van der Waals surface area contributed by atoms with Gasteiger partial charge in [0.25, 0.3) is 0 Å². The first kappa shape index (κ1) is 14.1. The largest absolute Gasteiger partial charge is 0.508 e. The minimum Gasteiger partial charge on any atom is -0.508 e. The molecule has 0 saturated heterocycles. The number of rotatable bonds is 6. The molecule has 0 aromatic heterocycles. The van der Waals surface area contributed by atoms with Crippen molar-refractivity contribution in [3.8, 4) is 5.75 Å². The van der Waals surface area contributed by atoms with Gasteiger partial charge in [0.05, 0.1) is 0 Å². The van der Waals surface area contributed by atoms with Crippen LogP contribution in [0.2, 0.25) is 0 Å². The minimum atomic E-state index is 0.318. The highest BCUT2D eigenvalue weighted by Crippen LogP contribution is 2.14. The van der Waals surface area contributed by atoms with Crippen molar-refractivity contribution >= 4 is 15.9 Å². The molecule has 0 aliphatic rings. The summed E-state index contributed by atoms with van der Waals surface area (Å²) in [6, 6.07) is 17.9. The molecule has 2 nitrogen and oxygen atoms in total. The van der Waals surface area contributed by atoms with Crippen LogP contribution in [0.25, 0.3) is 0 Å². The zero-order valence-electron chi connectivity index (χ0n) is 10.8. The average Bonchev–Trinajstić information content (AvgIpc) is 2.43. The number of aromatic hydroxyl groups is 1. The van der Waals surface area contributed by atoms with E-state index in [1.165, 1.54) is 11.1 Å². The molecule has 19 heavy (non-hydrogen) atoms. The summed E-state index contributed by atoms with van der Waals surface area (Å²) in [6.07, 6.45) is 0. The van der Waals surface area contributed by atoms with Crippen LogP contribution >= 0.6 is 15.9 Å². The van der Waals surface area contributed by atoms with Crippen molar-refractivity contribution in [2.24, 2.45) is 0 Å². The summed E-state index contributed by atoms with van der Waals surface area (Å²) in [4.78, 5) is 2.39. The molecule has 100 valence electrons. The molecule has 2 rings (SSSR count). The van der Waals surface area contributed by atoms with Crippen molar-refractivity contribution < 1.29 is 5.11 Å². The molecule has 2 aromatic rings. The number of alkyl halides is 1. The van der Waals surface area contributed by atoms with E-state index in [1.54, 1.807) is 12.1 Å². The number of hydrogen-bond donors (Lipinski definition) is 1. The van der Waals surface area contributed by atoms with Crippen LogP contribution in [-0.2, 0) is 13.1 Å². The second-order valence-corrected chi connectivity index (χ2v) is 5.34. The highest BCUT2D eigenvalue weighted by Gasteiger charge is 2.06. The van der Waals surface area contributed by atoms with Gasteiger partial charge in [0.15, 0.2) is 0 Å². The molecule has 0 bridgehead atoms. The van der Waals surface area contributed by atoms with Crippen LogP contribution in [0.3, 0.4) is 0 Å². The number of benzene rings is 2. The number of hydrogen-bond acceptors (Lipinski definition) is 2. The van der Waals surface area contributed by atoms with Gasteiger partial charge in [-0.2, -0.15) is 0 Å². The van der Waals surface area contributed by atoms with Crippen LogP contribution in [-0.4, -0.2) is 21.9 Å². The topological polar surface area (TPSA) is 23.5 Å². The van der Waals surface area contributed by atoms with Gasteiger partial charge in [0.2, 0.25) is 0 Å². The lowest BCUT2D eigenvalue weighted by Crippen LogP contribution is -2.24. The zero-order chi connectivity index (χ0) is 13.5. The summed E-state index contributed by atoms with van der Waals surface area (Å²) < 4.78 is 0. The first-order chi connectivity index (χ1) is 9.28. The Labute approximate surface area is 122 Å². The molecular weight excluding hydrogens is 302 g/mol. The fraction of sp³-hybridized carbons (Fsp3) is 0.250. The number of nitrogens with zero attached hydrogens (tertiary/aromatic N) is 1. The summed E-state index contributed by atoms with van der Waals surface area (Å²) in [5.41, 5.74) is 2.54. The first-order valence-electron chi connectivity index (χ1n) is 6.38. The molecule has 0 amide bonds. The van der Waals surface area contributed by atoms with Crippen LogP contribution in [0.1, 0.15) is 11.1 Å². The fourth-order valence-corrected chi connectivity index (χ4v) is 2.54. The molecule has 0 saturated carbocycles. The standard InChI is InChI=1S/C16H18BrNO/c17-10-11-18(12-14-4-2-1-3-5-14)13-15-6-8-16(19)9-7-15/h1-9,19H,10-13H2. The predicted octanol–water partition coefficient (Wildman–Crippen LogP) is 3.79. The maximum Gasteiger partial charge on any atom is 0.115 e. The second-order valence-electron chi connectivity index (χ2n) is 4.55. The van der Waals surface area contributed by atoms with Gasteiger partial charge < -0.3 is 5.11 Å². The normalized spacial score (nSPS) is 10.8. The summed E-state index contributed by atoms with van der Waals surface area (Å²) in [6.45, 7) is 2.82. The van der Waals surface area contributed by atoms with Crippen molar-refractivity contribution in [1.82, 2.24) is 4.90 Å². The van der Waals surface area contributed by atoms with Crippen molar-refractivity contribution in [1.29, 1.82) is 0 Å². The van der Waals surface area contributed by atoms with E-state index in [0.717, 1.165) is 25.0 Å². The smallest absolute Gasteiger partial charge is 0.115 e. The van der Waals surface area contributed by atoms with Gasteiger partial charge in [0.1, 0.15) is 5.75 Å². The lowest BCUT2D eigenvalue weighted by molar-refractivity contribution is 0.274. The van der Waals surface area contributed by atoms with E-state index in [-0.39, 0.29) is 0 Å². The van der Waals surface area contributed by atoms with Crippen LogP contribution in [0.15, 0.2) is 54.6 Å². The van der Waals surface area contributed by atoms with Crippen molar-refractivity contribution in [2.75, 3.05) is 11.9 Å². The molecule has 0 radical (unpaired) electrons. The summed E-state index contributed by atoms with van der Waals surface area (Å²) in [7, 11) is 0. The van der Waals surface area contributed by atoms with Crippen LogP contribution in [0.4, 0.5) is 0 Å². The van der Waals surface area contributed by atoms with Crippen molar-refractivity contribution in [3.63, 3.8) is 0 Å². The molecule has 0 fully saturated rings. The molecule has 0 unspecified atom stereocenters. The highest BCUT2D eigenvalue weighted by molar-refractivity contribution is 9.09. The molecule has 2 aromatic carbocycles. The maximum atomic E-state index is 9.31. The highest BCUT2D eigenvalue weighted by atomic mass is 79.9. The van der Waals surface area contributed by atoms with Gasteiger partial charge in [-0.05, 0) is 23.3 Å². The molecule has 1 N–H and O–H groups in total. The summed E-state index contributed by atoms with van der Waals surface area (Å²) >= 11 is 3.51. The number of phenolic OH excluding ortho intramolecular Hbond substituents is 1. The minimum absolute atomic E-state index is 0.318. The fourth-order valence-electron chi connectivity index (χ4n) is 2.03. The van der Waals surface area contributed by atoms with Crippen LogP contribution in [0.5, 0.6) is 5.75 Å². The Kier molecular flexibility index (Phi) is 5.43. The quantitative estimate of drug-likeness (QED) is 0.819. The monoisotopic (exact) mass is 319 g/mol. The molecule has 3 heteroatoms. The molecule has 0 atom stereocenters. The van der Waals surface area contributed by atoms with E-state index in [9.17, 15) is 5.11 Å². The Morgan fingerprint density at radius 3 is 2.00 bits per heavy atom. The van der Waals surface area contributed by atoms with Gasteiger partial charge in [-0.1, -0.05) is 58.4 Å². The Bertz CT molecular complexity index is 484. The summed E-state index contributed by atoms with van der Waals surface area (Å²) in [5, 5.41) is 10.3. The Hall–Kier alpha value is -1.32. The molecule has 0 spiro atoms. The molecule has 0 aliphatic heterocycles. The van der Waals surface area contributed by atoms with Crippen molar-refractivity contribution in [2.45, 2.75) is 13.1 Å². The molecule has 0 heterocycles.